The van der Waals surface area contributed by atoms with Crippen molar-refractivity contribution in [3.63, 3.8) is 0 Å². The van der Waals surface area contributed by atoms with Gasteiger partial charge in [-0.15, -0.1) is 0 Å². The smallest absolute Gasteiger partial charge is 0.232 e. The van der Waals surface area contributed by atoms with E-state index in [1.165, 1.54) is 57.8 Å². The van der Waals surface area contributed by atoms with Crippen molar-refractivity contribution in [1.29, 1.82) is 0 Å². The van der Waals surface area contributed by atoms with E-state index >= 15 is 0 Å². The van der Waals surface area contributed by atoms with Crippen LogP contribution in [-0.4, -0.2) is 27.4 Å². The summed E-state index contributed by atoms with van der Waals surface area (Å²) in [5.41, 5.74) is 0. The second-order valence-corrected chi connectivity index (χ2v) is 8.64. The molecule has 0 amide bonds. The molecule has 0 heterocycles. The van der Waals surface area contributed by atoms with E-state index in [1.54, 1.807) is 0 Å². The highest BCUT2D eigenvalue weighted by atomic mass is 35.7. The van der Waals surface area contributed by atoms with Crippen LogP contribution in [0.15, 0.2) is 0 Å². The Morgan fingerprint density at radius 2 is 1.14 bits per heavy atom. The number of rotatable bonds is 16. The first kappa shape index (κ1) is 21.2. The lowest BCUT2D eigenvalue weighted by atomic mass is 10.1. The van der Waals surface area contributed by atoms with Crippen LogP contribution >= 0.6 is 10.7 Å². The molecule has 0 unspecified atom stereocenters. The SMILES string of the molecule is CCCCCCCCCCCCOCCCCS(=O)(=O)Cl. The number of halogens is 1. The number of ether oxygens (including phenoxy) is 1. The molecule has 0 fully saturated rings. The van der Waals surface area contributed by atoms with E-state index in [0.29, 0.717) is 13.0 Å². The van der Waals surface area contributed by atoms with Gasteiger partial charge in [-0.05, 0) is 19.3 Å². The molecule has 0 aromatic rings. The number of unbranched alkanes of at least 4 members (excludes halogenated alkanes) is 10. The van der Waals surface area contributed by atoms with Crippen LogP contribution in [0.2, 0.25) is 0 Å². The Balaban J connectivity index is 3.03. The van der Waals surface area contributed by atoms with Gasteiger partial charge >= 0.3 is 0 Å². The molecule has 5 heteroatoms. The minimum absolute atomic E-state index is 0.0518. The summed E-state index contributed by atoms with van der Waals surface area (Å²) >= 11 is 0. The zero-order valence-electron chi connectivity index (χ0n) is 13.6. The van der Waals surface area contributed by atoms with E-state index < -0.39 is 9.05 Å². The van der Waals surface area contributed by atoms with Crippen molar-refractivity contribution >= 4 is 19.7 Å². The second kappa shape index (κ2) is 15.1. The molecule has 0 atom stereocenters. The summed E-state index contributed by atoms with van der Waals surface area (Å²) in [7, 11) is 1.80. The molecule has 0 N–H and O–H groups in total. The fraction of sp³-hybridized carbons (Fsp3) is 1.00. The summed E-state index contributed by atoms with van der Waals surface area (Å²) in [6.45, 7) is 3.69. The maximum atomic E-state index is 10.7. The van der Waals surface area contributed by atoms with Crippen molar-refractivity contribution in [1.82, 2.24) is 0 Å². The Kier molecular flexibility index (Phi) is 15.3. The van der Waals surface area contributed by atoms with Gasteiger partial charge in [0.2, 0.25) is 9.05 Å². The molecular formula is C16H33ClO3S. The van der Waals surface area contributed by atoms with E-state index in [4.69, 9.17) is 15.4 Å². The van der Waals surface area contributed by atoms with Crippen molar-refractivity contribution < 1.29 is 13.2 Å². The molecule has 3 nitrogen and oxygen atoms in total. The Bertz CT molecular complexity index is 305. The normalized spacial score (nSPS) is 11.9. The molecule has 0 aliphatic rings. The summed E-state index contributed by atoms with van der Waals surface area (Å²) in [6, 6.07) is 0. The number of hydrogen-bond acceptors (Lipinski definition) is 3. The predicted molar refractivity (Wildman–Crippen MR) is 91.5 cm³/mol. The molecular weight excluding hydrogens is 308 g/mol. The van der Waals surface area contributed by atoms with Crippen LogP contribution in [-0.2, 0) is 13.8 Å². The van der Waals surface area contributed by atoms with Crippen molar-refractivity contribution in [2.24, 2.45) is 0 Å². The molecule has 21 heavy (non-hydrogen) atoms. The quantitative estimate of drug-likeness (QED) is 0.284. The molecule has 0 aliphatic heterocycles. The molecule has 0 aromatic carbocycles. The largest absolute Gasteiger partial charge is 0.381 e. The van der Waals surface area contributed by atoms with Gasteiger partial charge in [-0.3, -0.25) is 0 Å². The maximum absolute atomic E-state index is 10.7. The molecule has 128 valence electrons. The molecule has 0 spiro atoms. The first-order chi connectivity index (χ1) is 10.1. The van der Waals surface area contributed by atoms with Crippen LogP contribution in [0.5, 0.6) is 0 Å². The Labute approximate surface area is 136 Å². The first-order valence-electron chi connectivity index (χ1n) is 8.56. The minimum Gasteiger partial charge on any atom is -0.381 e. The minimum atomic E-state index is -3.33. The van der Waals surface area contributed by atoms with E-state index in [1.807, 2.05) is 0 Å². The van der Waals surface area contributed by atoms with Gasteiger partial charge in [0.15, 0.2) is 0 Å². The van der Waals surface area contributed by atoms with E-state index in [0.717, 1.165) is 19.4 Å². The van der Waals surface area contributed by atoms with Gasteiger partial charge in [0.05, 0.1) is 5.75 Å². The third-order valence-electron chi connectivity index (χ3n) is 3.57. The summed E-state index contributed by atoms with van der Waals surface area (Å²) in [4.78, 5) is 0. The lowest BCUT2D eigenvalue weighted by Crippen LogP contribution is -2.01. The molecule has 0 radical (unpaired) electrons. The van der Waals surface area contributed by atoms with Gasteiger partial charge in [-0.1, -0.05) is 64.7 Å². The third kappa shape index (κ3) is 20.2. The van der Waals surface area contributed by atoms with Crippen LogP contribution in [0.4, 0.5) is 0 Å². The van der Waals surface area contributed by atoms with Gasteiger partial charge in [0.25, 0.3) is 0 Å². The molecule has 0 aromatic heterocycles. The fourth-order valence-corrected chi connectivity index (χ4v) is 3.15. The highest BCUT2D eigenvalue weighted by Crippen LogP contribution is 2.10. The average Bonchev–Trinajstić information content (AvgIpc) is 2.42. The van der Waals surface area contributed by atoms with E-state index in [9.17, 15) is 8.42 Å². The van der Waals surface area contributed by atoms with Crippen molar-refractivity contribution in [2.45, 2.75) is 84.0 Å². The van der Waals surface area contributed by atoms with Crippen LogP contribution in [0, 0.1) is 0 Å². The Morgan fingerprint density at radius 3 is 1.62 bits per heavy atom. The van der Waals surface area contributed by atoms with Gasteiger partial charge in [0.1, 0.15) is 0 Å². The average molecular weight is 341 g/mol. The van der Waals surface area contributed by atoms with Crippen molar-refractivity contribution in [3.8, 4) is 0 Å². The lowest BCUT2D eigenvalue weighted by molar-refractivity contribution is 0.127. The standard InChI is InChI=1S/C16H33ClO3S/c1-2-3-4-5-6-7-8-9-10-11-14-20-15-12-13-16-21(17,18)19/h2-16H2,1H3. The van der Waals surface area contributed by atoms with Crippen LogP contribution < -0.4 is 0 Å². The summed E-state index contributed by atoms with van der Waals surface area (Å²) < 4.78 is 26.9. The van der Waals surface area contributed by atoms with Crippen molar-refractivity contribution in [3.05, 3.63) is 0 Å². The topological polar surface area (TPSA) is 43.4 Å². The molecule has 0 bridgehead atoms. The van der Waals surface area contributed by atoms with Crippen molar-refractivity contribution in [2.75, 3.05) is 19.0 Å². The maximum Gasteiger partial charge on any atom is 0.232 e. The second-order valence-electron chi connectivity index (χ2n) is 5.74. The summed E-state index contributed by atoms with van der Waals surface area (Å²) in [5, 5.41) is 0. The van der Waals surface area contributed by atoms with E-state index in [2.05, 4.69) is 6.92 Å². The molecule has 0 saturated carbocycles. The highest BCUT2D eigenvalue weighted by Gasteiger charge is 2.03. The van der Waals surface area contributed by atoms with Gasteiger partial charge in [0, 0.05) is 23.9 Å². The molecule has 0 aliphatic carbocycles. The zero-order chi connectivity index (χ0) is 15.8. The third-order valence-corrected chi connectivity index (χ3v) is 4.81. The lowest BCUT2D eigenvalue weighted by Gasteiger charge is -2.04. The molecule has 0 rings (SSSR count). The zero-order valence-corrected chi connectivity index (χ0v) is 15.2. The van der Waals surface area contributed by atoms with Crippen LogP contribution in [0.3, 0.4) is 0 Å². The van der Waals surface area contributed by atoms with Crippen LogP contribution in [0.25, 0.3) is 0 Å². The van der Waals surface area contributed by atoms with Gasteiger partial charge in [-0.2, -0.15) is 0 Å². The number of hydrogen-bond donors (Lipinski definition) is 0. The monoisotopic (exact) mass is 340 g/mol. The first-order valence-corrected chi connectivity index (χ1v) is 11.0. The fourth-order valence-electron chi connectivity index (χ4n) is 2.27. The van der Waals surface area contributed by atoms with Gasteiger partial charge in [-0.25, -0.2) is 8.42 Å². The summed E-state index contributed by atoms with van der Waals surface area (Å²) in [6.07, 6.45) is 14.6. The molecule has 0 saturated heterocycles. The summed E-state index contributed by atoms with van der Waals surface area (Å²) in [5.74, 6) is 0.0518. The van der Waals surface area contributed by atoms with Crippen LogP contribution in [0.1, 0.15) is 84.0 Å². The predicted octanol–water partition coefficient (Wildman–Crippen LogP) is 5.27. The van der Waals surface area contributed by atoms with Gasteiger partial charge < -0.3 is 4.74 Å². The highest BCUT2D eigenvalue weighted by molar-refractivity contribution is 8.13. The Morgan fingerprint density at radius 1 is 0.714 bits per heavy atom. The Hall–Kier alpha value is 0.200. The van der Waals surface area contributed by atoms with E-state index in [-0.39, 0.29) is 5.75 Å².